The van der Waals surface area contributed by atoms with Crippen LogP contribution in [0.15, 0.2) is 65.7 Å². The molecule has 2 heterocycles. The Kier molecular flexibility index (Phi) is 9.19. The third-order valence-electron chi connectivity index (χ3n) is 9.18. The molecular formula is C34H40F3N7O2. The summed E-state index contributed by atoms with van der Waals surface area (Å²) in [6.45, 7) is 12.8. The first kappa shape index (κ1) is 33.0. The van der Waals surface area contributed by atoms with E-state index in [1.807, 2.05) is 24.0 Å². The Labute approximate surface area is 266 Å². The number of halogens is 3. The summed E-state index contributed by atoms with van der Waals surface area (Å²) in [5.41, 5.74) is 0.736. The van der Waals surface area contributed by atoms with Crippen molar-refractivity contribution in [1.29, 1.82) is 0 Å². The van der Waals surface area contributed by atoms with Gasteiger partial charge >= 0.3 is 6.18 Å². The highest BCUT2D eigenvalue weighted by molar-refractivity contribution is 6.46. The molecule has 1 aliphatic carbocycles. The number of aliphatic imine (C=N–C) groups is 1. The molecule has 0 bridgehead atoms. The summed E-state index contributed by atoms with van der Waals surface area (Å²) in [6.07, 6.45) is -0.515. The molecule has 2 aromatic carbocycles. The second-order valence-electron chi connectivity index (χ2n) is 13.5. The normalized spacial score (nSPS) is 20.9. The maximum Gasteiger partial charge on any atom is 0.416 e. The number of alkyl halides is 3. The first-order valence-electron chi connectivity index (χ1n) is 15.5. The third kappa shape index (κ3) is 7.05. The van der Waals surface area contributed by atoms with Gasteiger partial charge in [-0.1, -0.05) is 50.6 Å². The number of nitrogens with one attached hydrogen (secondary N) is 2. The summed E-state index contributed by atoms with van der Waals surface area (Å²) in [5, 5.41) is 16.1. The van der Waals surface area contributed by atoms with Crippen LogP contribution in [0.25, 0.3) is 0 Å². The number of hydrogen-bond acceptors (Lipinski definition) is 6. The van der Waals surface area contributed by atoms with Crippen LogP contribution < -0.4 is 5.32 Å². The van der Waals surface area contributed by atoms with Crippen molar-refractivity contribution in [2.45, 2.75) is 90.6 Å². The van der Waals surface area contributed by atoms with Gasteiger partial charge in [-0.05, 0) is 97.0 Å². The Morgan fingerprint density at radius 3 is 2.41 bits per heavy atom. The molecule has 0 radical (unpaired) electrons. The van der Waals surface area contributed by atoms with Gasteiger partial charge in [-0.2, -0.15) is 13.2 Å². The summed E-state index contributed by atoms with van der Waals surface area (Å²) < 4.78 is 41.1. The minimum Gasteiger partial charge on any atom is -0.345 e. The molecule has 2 aliphatic rings. The van der Waals surface area contributed by atoms with E-state index in [0.29, 0.717) is 43.0 Å². The highest BCUT2D eigenvalue weighted by Crippen LogP contribution is 2.50. The van der Waals surface area contributed by atoms with Crippen LogP contribution in [0.3, 0.4) is 0 Å². The average Bonchev–Trinajstić information content (AvgIpc) is 3.62. The highest BCUT2D eigenvalue weighted by atomic mass is 19.4. The van der Waals surface area contributed by atoms with E-state index in [1.165, 1.54) is 12.1 Å². The lowest BCUT2D eigenvalue weighted by Gasteiger charge is -2.47. The van der Waals surface area contributed by atoms with E-state index in [2.05, 4.69) is 53.3 Å². The fraction of sp³-hybridized carbons (Fsp3) is 0.471. The third-order valence-corrected chi connectivity index (χ3v) is 9.18. The van der Waals surface area contributed by atoms with Crippen molar-refractivity contribution in [3.05, 3.63) is 88.8 Å². The molecule has 1 spiro atoms. The predicted octanol–water partition coefficient (Wildman–Crippen LogP) is 6.81. The molecule has 3 aromatic rings. The van der Waals surface area contributed by atoms with Crippen molar-refractivity contribution >= 4 is 17.5 Å². The Balaban J connectivity index is 1.51. The molecule has 9 nitrogen and oxygen atoms in total. The Morgan fingerprint density at radius 2 is 1.83 bits per heavy atom. The SMILES string of the molecule is C=C(C)CC[C@H](c1ccc(C(=O)NCc2nnn[nH]2)cc1)N1C(=O)C(c2cccc(C(F)(F)F)c2)=NC12CCC(C(C)(C)C)CC2. The lowest BCUT2D eigenvalue weighted by atomic mass is 9.69. The first-order chi connectivity index (χ1) is 21.7. The van der Waals surface area contributed by atoms with Crippen molar-refractivity contribution in [3.63, 3.8) is 0 Å². The Hall–Kier alpha value is -4.35. The lowest BCUT2D eigenvalue weighted by molar-refractivity contribution is -0.137. The molecular weight excluding hydrogens is 595 g/mol. The Bertz CT molecular complexity index is 1600. The van der Waals surface area contributed by atoms with Gasteiger partial charge in [0, 0.05) is 11.1 Å². The fourth-order valence-electron chi connectivity index (χ4n) is 6.58. The molecule has 1 atom stereocenters. The van der Waals surface area contributed by atoms with Crippen molar-refractivity contribution < 1.29 is 22.8 Å². The summed E-state index contributed by atoms with van der Waals surface area (Å²) in [5.74, 6) is 0.135. The van der Waals surface area contributed by atoms with Crippen LogP contribution in [0, 0.1) is 11.3 Å². The number of tetrazole rings is 1. The van der Waals surface area contributed by atoms with Crippen molar-refractivity contribution in [1.82, 2.24) is 30.8 Å². The van der Waals surface area contributed by atoms with Crippen LogP contribution in [-0.4, -0.2) is 48.7 Å². The highest BCUT2D eigenvalue weighted by Gasteiger charge is 2.52. The van der Waals surface area contributed by atoms with Crippen LogP contribution in [0.2, 0.25) is 0 Å². The molecule has 2 N–H and O–H groups in total. The standard InChI is InChI=1S/C34H40F3N7O2/c1-21(2)9-14-27(22-10-12-23(13-11-22)30(45)38-20-28-40-42-43-41-28)44-31(46)29(24-7-6-8-26(19-24)34(35,36)37)39-33(44)17-15-25(16-18-33)32(3,4)5/h6-8,10-13,19,25,27H,1,9,14-18,20H2,2-5H3,(H,38,45)(H,40,41,42,43)/t25?,27-,33?/m1/s1. The van der Waals surface area contributed by atoms with Crippen molar-refractivity contribution in [3.8, 4) is 0 Å². The number of aromatic nitrogens is 4. The molecule has 2 amide bonds. The van der Waals surface area contributed by atoms with Gasteiger partial charge < -0.3 is 10.2 Å². The monoisotopic (exact) mass is 635 g/mol. The van der Waals surface area contributed by atoms with E-state index in [1.54, 1.807) is 12.1 Å². The maximum absolute atomic E-state index is 14.5. The van der Waals surface area contributed by atoms with E-state index < -0.39 is 23.4 Å². The van der Waals surface area contributed by atoms with E-state index >= 15 is 0 Å². The first-order valence-corrected chi connectivity index (χ1v) is 15.5. The van der Waals surface area contributed by atoms with Gasteiger partial charge in [0.1, 0.15) is 11.4 Å². The molecule has 244 valence electrons. The van der Waals surface area contributed by atoms with Gasteiger partial charge in [-0.25, -0.2) is 5.10 Å². The number of carbonyl (C=O) groups excluding carboxylic acids is 2. The minimum absolute atomic E-state index is 0.0542. The maximum atomic E-state index is 14.5. The quantitative estimate of drug-likeness (QED) is 0.251. The molecule has 1 aliphatic heterocycles. The smallest absolute Gasteiger partial charge is 0.345 e. The Morgan fingerprint density at radius 1 is 1.13 bits per heavy atom. The van der Waals surface area contributed by atoms with Gasteiger partial charge in [-0.15, -0.1) is 11.7 Å². The molecule has 0 saturated heterocycles. The summed E-state index contributed by atoms with van der Waals surface area (Å²) >= 11 is 0. The fourth-order valence-corrected chi connectivity index (χ4v) is 6.58. The number of rotatable bonds is 9. The van der Waals surface area contributed by atoms with Crippen LogP contribution in [-0.2, 0) is 17.5 Å². The summed E-state index contributed by atoms with van der Waals surface area (Å²) in [7, 11) is 0. The zero-order valence-electron chi connectivity index (χ0n) is 26.6. The zero-order valence-corrected chi connectivity index (χ0v) is 26.6. The minimum atomic E-state index is -4.55. The van der Waals surface area contributed by atoms with Crippen LogP contribution in [0.1, 0.15) is 105 Å². The largest absolute Gasteiger partial charge is 0.416 e. The molecule has 46 heavy (non-hydrogen) atoms. The van der Waals surface area contributed by atoms with E-state index in [9.17, 15) is 22.8 Å². The van der Waals surface area contributed by atoms with Crippen LogP contribution in [0.5, 0.6) is 0 Å². The van der Waals surface area contributed by atoms with Crippen molar-refractivity contribution in [2.75, 3.05) is 0 Å². The van der Waals surface area contributed by atoms with E-state index in [0.717, 1.165) is 36.1 Å². The number of H-pyrrole nitrogens is 1. The number of carbonyl (C=O) groups is 2. The summed E-state index contributed by atoms with van der Waals surface area (Å²) in [6, 6.07) is 11.5. The molecule has 12 heteroatoms. The average molecular weight is 636 g/mol. The molecule has 1 fully saturated rings. The lowest BCUT2D eigenvalue weighted by Crippen LogP contribution is -2.51. The number of benzene rings is 2. The van der Waals surface area contributed by atoms with Gasteiger partial charge in [-0.3, -0.25) is 14.6 Å². The predicted molar refractivity (Wildman–Crippen MR) is 168 cm³/mol. The number of amides is 2. The summed E-state index contributed by atoms with van der Waals surface area (Å²) in [4.78, 5) is 34.1. The number of nitrogens with zero attached hydrogens (tertiary/aromatic N) is 5. The molecule has 1 aromatic heterocycles. The number of allylic oxidation sites excluding steroid dienone is 1. The molecule has 5 rings (SSSR count). The number of hydrogen-bond donors (Lipinski definition) is 2. The topological polar surface area (TPSA) is 116 Å². The van der Waals surface area contributed by atoms with Gasteiger partial charge in [0.15, 0.2) is 5.82 Å². The van der Waals surface area contributed by atoms with Crippen LogP contribution >= 0.6 is 0 Å². The van der Waals surface area contributed by atoms with Crippen LogP contribution in [0.4, 0.5) is 13.2 Å². The second kappa shape index (κ2) is 12.8. The van der Waals surface area contributed by atoms with Gasteiger partial charge in [0.05, 0.1) is 18.2 Å². The molecule has 1 saturated carbocycles. The van der Waals surface area contributed by atoms with Crippen molar-refractivity contribution in [2.24, 2.45) is 16.3 Å². The zero-order chi connectivity index (χ0) is 33.3. The van der Waals surface area contributed by atoms with E-state index in [4.69, 9.17) is 4.99 Å². The van der Waals surface area contributed by atoms with E-state index in [-0.39, 0.29) is 35.0 Å². The van der Waals surface area contributed by atoms with Gasteiger partial charge in [0.2, 0.25) is 0 Å². The van der Waals surface area contributed by atoms with Gasteiger partial charge in [0.25, 0.3) is 11.8 Å². The number of aromatic amines is 1. The second-order valence-corrected chi connectivity index (χ2v) is 13.5. The molecule has 0 unspecified atom stereocenters.